The van der Waals surface area contributed by atoms with Crippen molar-refractivity contribution in [3.63, 3.8) is 0 Å². The van der Waals surface area contributed by atoms with Gasteiger partial charge in [0.25, 0.3) is 5.56 Å². The van der Waals surface area contributed by atoms with E-state index in [9.17, 15) is 14.7 Å². The van der Waals surface area contributed by atoms with E-state index in [1.54, 1.807) is 6.92 Å². The first-order chi connectivity index (χ1) is 21.8. The molecule has 2 N–H and O–H groups in total. The smallest absolute Gasteiger partial charge is 0.388 e. The third kappa shape index (κ3) is 7.38. The van der Waals surface area contributed by atoms with Crippen LogP contribution in [0.1, 0.15) is 82.2 Å². The molecule has 46 heavy (non-hydrogen) atoms. The summed E-state index contributed by atoms with van der Waals surface area (Å²) in [6, 6.07) is 15.8. The first-order valence-electron chi connectivity index (χ1n) is 15.8. The molecule has 2 aromatic carbocycles. The van der Waals surface area contributed by atoms with Crippen LogP contribution < -0.4 is 11.3 Å². The molecule has 3 heterocycles. The Balaban J connectivity index is 0.00000417. The monoisotopic (exact) mass is 651 g/mol. The van der Waals surface area contributed by atoms with Crippen LogP contribution in [0.4, 0.5) is 0 Å². The normalized spacial score (nSPS) is 17.9. The fourth-order valence-corrected chi connectivity index (χ4v) is 6.24. The van der Waals surface area contributed by atoms with Crippen LogP contribution in [-0.4, -0.2) is 104 Å². The molecular weight excluding hydrogens is 612 g/mol. The number of rotatable bonds is 11. The molecule has 0 bridgehead atoms. The Morgan fingerprint density at radius 3 is 2.41 bits per heavy atom. The van der Waals surface area contributed by atoms with E-state index in [1.807, 2.05) is 64.5 Å². The van der Waals surface area contributed by atoms with Crippen molar-refractivity contribution in [3.05, 3.63) is 92.6 Å². The third-order valence-corrected chi connectivity index (χ3v) is 8.98. The van der Waals surface area contributed by atoms with Crippen molar-refractivity contribution in [2.45, 2.75) is 89.9 Å². The van der Waals surface area contributed by atoms with Gasteiger partial charge in [-0.1, -0.05) is 74.0 Å². The van der Waals surface area contributed by atoms with Crippen LogP contribution in [0.15, 0.2) is 69.0 Å². The van der Waals surface area contributed by atoms with Gasteiger partial charge in [0.15, 0.2) is 5.82 Å². The summed E-state index contributed by atoms with van der Waals surface area (Å²) in [5.41, 5.74) is 4.42. The van der Waals surface area contributed by atoms with Crippen LogP contribution in [0, 0.1) is 0 Å². The van der Waals surface area contributed by atoms with Gasteiger partial charge >= 0.3 is 5.76 Å². The summed E-state index contributed by atoms with van der Waals surface area (Å²) in [5, 5.41) is 18.8. The number of fused-ring (bicyclic) bond motifs is 1. The van der Waals surface area contributed by atoms with E-state index in [4.69, 9.17) is 9.26 Å². The number of ether oxygens (including phenoxy) is 1. The van der Waals surface area contributed by atoms with Gasteiger partial charge < -0.3 is 9.84 Å². The molecule has 5 aromatic rings. The molecule has 1 aliphatic carbocycles. The van der Waals surface area contributed by atoms with E-state index in [-0.39, 0.29) is 69.1 Å². The van der Waals surface area contributed by atoms with Crippen LogP contribution in [-0.2, 0) is 17.6 Å². The van der Waals surface area contributed by atoms with Crippen molar-refractivity contribution < 1.29 is 14.4 Å². The number of aromatic amines is 1. The first kappa shape index (κ1) is 34.6. The number of nitrogens with zero attached hydrogens (tertiary/aromatic N) is 5. The molecule has 11 nitrogen and oxygen atoms in total. The average Bonchev–Trinajstić information content (AvgIpc) is 3.72. The van der Waals surface area contributed by atoms with Crippen molar-refractivity contribution >= 4 is 57.2 Å². The molecule has 6 rings (SSSR count). The Hall–Kier alpha value is -2.71. The number of aryl methyl sites for hydroxylation is 1. The summed E-state index contributed by atoms with van der Waals surface area (Å²) >= 11 is 0. The van der Waals surface area contributed by atoms with Gasteiger partial charge in [-0.15, -0.1) is 0 Å². The molecule has 1 atom stereocenters. The molecule has 0 aliphatic heterocycles. The molecule has 1 radical (unpaired) electrons. The Kier molecular flexibility index (Phi) is 11.3. The minimum absolute atomic E-state index is 0. The van der Waals surface area contributed by atoms with Gasteiger partial charge in [0.1, 0.15) is 6.33 Å². The molecule has 3 aromatic heterocycles. The number of benzene rings is 2. The van der Waals surface area contributed by atoms with Gasteiger partial charge in [-0.2, -0.15) is 10.1 Å². The third-order valence-electron chi connectivity index (χ3n) is 8.98. The Morgan fingerprint density at radius 1 is 1.04 bits per heavy atom. The van der Waals surface area contributed by atoms with Gasteiger partial charge in [0, 0.05) is 75.0 Å². The van der Waals surface area contributed by atoms with Crippen molar-refractivity contribution in [1.82, 2.24) is 29.3 Å². The molecule has 0 saturated heterocycles. The molecule has 237 valence electrons. The van der Waals surface area contributed by atoms with Crippen LogP contribution in [0.25, 0.3) is 28.3 Å². The molecule has 12 heteroatoms. The summed E-state index contributed by atoms with van der Waals surface area (Å²) in [6.07, 6.45) is 7.49. The molecule has 1 fully saturated rings. The van der Waals surface area contributed by atoms with Crippen molar-refractivity contribution in [2.24, 2.45) is 0 Å². The van der Waals surface area contributed by atoms with E-state index in [2.05, 4.69) is 27.1 Å². The number of aromatic nitrogens is 6. The molecular formula is C34H40KN6O5. The second-order valence-corrected chi connectivity index (χ2v) is 12.3. The predicted molar refractivity (Wildman–Crippen MR) is 176 cm³/mol. The number of aliphatic hydroxyl groups is 1. The second kappa shape index (κ2) is 15.0. The van der Waals surface area contributed by atoms with Crippen molar-refractivity contribution in [2.75, 3.05) is 6.61 Å². The maximum atomic E-state index is 14.3. The van der Waals surface area contributed by atoms with Gasteiger partial charge in [-0.05, 0) is 62.1 Å². The summed E-state index contributed by atoms with van der Waals surface area (Å²) < 4.78 is 14.5. The van der Waals surface area contributed by atoms with Gasteiger partial charge in [-0.25, -0.2) is 9.31 Å². The molecule has 1 aliphatic rings. The summed E-state index contributed by atoms with van der Waals surface area (Å²) in [6.45, 7) is 6.17. The zero-order valence-electron chi connectivity index (χ0n) is 27.0. The van der Waals surface area contributed by atoms with Crippen LogP contribution in [0.3, 0.4) is 0 Å². The molecule has 1 saturated carbocycles. The first-order valence-corrected chi connectivity index (χ1v) is 15.8. The maximum absolute atomic E-state index is 14.3. The van der Waals surface area contributed by atoms with Gasteiger partial charge in [-0.3, -0.25) is 18.9 Å². The standard InChI is InChI=1S/C34H40N6O5.K/c1-4-8-29-28(19-22-11-13-23(14-12-22)26-9-6-7-10-27(26)30-37-33(42)45-38-30)31(41)39(32-35-21-36-40(29)32)24-15-17-25(18-16-24)44-20-34(3,43)5-2;/h6-7,9-14,21,24-25,43H,4-5,8,15-20H2,1-3H3,(H,37,38,42);. The maximum Gasteiger partial charge on any atom is 0.439 e. The summed E-state index contributed by atoms with van der Waals surface area (Å²) in [5.74, 6) is 0.359. The number of hydrogen-bond acceptors (Lipinski definition) is 8. The fraction of sp³-hybridized carbons (Fsp3) is 0.441. The summed E-state index contributed by atoms with van der Waals surface area (Å²) in [7, 11) is 0. The minimum atomic E-state index is -0.829. The average molecular weight is 652 g/mol. The Labute approximate surface area is 309 Å². The Morgan fingerprint density at radius 2 is 1.76 bits per heavy atom. The molecule has 1 unspecified atom stereocenters. The predicted octanol–water partition coefficient (Wildman–Crippen LogP) is 4.73. The number of hydrogen-bond donors (Lipinski definition) is 2. The van der Waals surface area contributed by atoms with Crippen molar-refractivity contribution in [3.8, 4) is 22.5 Å². The van der Waals surface area contributed by atoms with E-state index in [1.165, 1.54) is 6.33 Å². The van der Waals surface area contributed by atoms with Gasteiger partial charge in [0.05, 0.1) is 24.0 Å². The SMILES string of the molecule is CCCc1c(Cc2ccc(-c3ccccc3-c3noc(=O)[nH]3)cc2)c(=O)n(C2CCC(OCC(C)(O)CC)CC2)c2ncnn12.[K]. The van der Waals surface area contributed by atoms with E-state index >= 15 is 0 Å². The van der Waals surface area contributed by atoms with Crippen LogP contribution in [0.2, 0.25) is 0 Å². The van der Waals surface area contributed by atoms with Crippen LogP contribution in [0.5, 0.6) is 0 Å². The van der Waals surface area contributed by atoms with Crippen LogP contribution >= 0.6 is 0 Å². The number of H-pyrrole nitrogens is 1. The van der Waals surface area contributed by atoms with E-state index in [0.717, 1.165) is 65.6 Å². The molecule has 0 spiro atoms. The minimum Gasteiger partial charge on any atom is -0.388 e. The van der Waals surface area contributed by atoms with Gasteiger partial charge in [0.2, 0.25) is 5.78 Å². The zero-order valence-corrected chi connectivity index (χ0v) is 30.2. The largest absolute Gasteiger partial charge is 0.439 e. The quantitative estimate of drug-likeness (QED) is 0.196. The second-order valence-electron chi connectivity index (χ2n) is 12.3. The topological polar surface area (TPSA) is 141 Å². The van der Waals surface area contributed by atoms with E-state index in [0.29, 0.717) is 37.5 Å². The number of nitrogens with one attached hydrogen (secondary N) is 1. The molecule has 0 amide bonds. The van der Waals surface area contributed by atoms with Crippen molar-refractivity contribution in [1.29, 1.82) is 0 Å². The summed E-state index contributed by atoms with van der Waals surface area (Å²) in [4.78, 5) is 33.1. The van der Waals surface area contributed by atoms with E-state index < -0.39 is 11.4 Å². The Bertz CT molecular complexity index is 1880. The fourth-order valence-electron chi connectivity index (χ4n) is 6.24. The zero-order chi connectivity index (χ0) is 31.6.